The maximum atomic E-state index is 3.53. The predicted molar refractivity (Wildman–Crippen MR) is 81.4 cm³/mol. The van der Waals surface area contributed by atoms with Gasteiger partial charge in [-0.1, -0.05) is 19.8 Å². The molecule has 0 unspecified atom stereocenters. The molecular weight excluding hydrogens is 232 g/mol. The SMILES string of the molecule is CCC1(CN2CCC3(CCCC3)CC2)CCNCC1. The van der Waals surface area contributed by atoms with E-state index in [2.05, 4.69) is 17.1 Å². The maximum absolute atomic E-state index is 3.53. The molecule has 1 aliphatic carbocycles. The van der Waals surface area contributed by atoms with Crippen molar-refractivity contribution < 1.29 is 0 Å². The van der Waals surface area contributed by atoms with Gasteiger partial charge in [-0.25, -0.2) is 0 Å². The zero-order valence-corrected chi connectivity index (χ0v) is 12.8. The molecule has 3 aliphatic rings. The van der Waals surface area contributed by atoms with Crippen molar-refractivity contribution in [1.82, 2.24) is 10.2 Å². The minimum absolute atomic E-state index is 0.630. The number of hydrogen-bond acceptors (Lipinski definition) is 2. The smallest absolute Gasteiger partial charge is 0.00388 e. The van der Waals surface area contributed by atoms with E-state index in [-0.39, 0.29) is 0 Å². The van der Waals surface area contributed by atoms with Crippen molar-refractivity contribution in [1.29, 1.82) is 0 Å². The topological polar surface area (TPSA) is 15.3 Å². The van der Waals surface area contributed by atoms with Gasteiger partial charge in [-0.3, -0.25) is 0 Å². The van der Waals surface area contributed by atoms with Crippen LogP contribution in [0.3, 0.4) is 0 Å². The van der Waals surface area contributed by atoms with E-state index < -0.39 is 0 Å². The zero-order chi connectivity index (χ0) is 13.2. The van der Waals surface area contributed by atoms with Crippen LogP contribution >= 0.6 is 0 Å². The number of rotatable bonds is 3. The molecule has 0 aromatic carbocycles. The van der Waals surface area contributed by atoms with E-state index >= 15 is 0 Å². The van der Waals surface area contributed by atoms with E-state index in [1.54, 1.807) is 0 Å². The Morgan fingerprint density at radius 1 is 0.895 bits per heavy atom. The van der Waals surface area contributed by atoms with Gasteiger partial charge in [0.25, 0.3) is 0 Å². The molecule has 110 valence electrons. The Labute approximate surface area is 119 Å². The second-order valence-electron chi connectivity index (χ2n) is 7.59. The van der Waals surface area contributed by atoms with Gasteiger partial charge >= 0.3 is 0 Å². The minimum atomic E-state index is 0.630. The summed E-state index contributed by atoms with van der Waals surface area (Å²) in [5, 5.41) is 3.53. The molecule has 0 amide bonds. The lowest BCUT2D eigenvalue weighted by molar-refractivity contribution is 0.0512. The summed E-state index contributed by atoms with van der Waals surface area (Å²) < 4.78 is 0. The fourth-order valence-electron chi connectivity index (χ4n) is 4.87. The summed E-state index contributed by atoms with van der Waals surface area (Å²) in [5.74, 6) is 0. The highest BCUT2D eigenvalue weighted by molar-refractivity contribution is 4.92. The third-order valence-electron chi connectivity index (χ3n) is 6.55. The lowest BCUT2D eigenvalue weighted by atomic mass is 9.74. The number of piperidine rings is 2. The van der Waals surface area contributed by atoms with Gasteiger partial charge in [0, 0.05) is 6.54 Å². The van der Waals surface area contributed by atoms with E-state index in [4.69, 9.17) is 0 Å². The summed E-state index contributed by atoms with van der Waals surface area (Å²) in [6.07, 6.45) is 13.2. The molecule has 2 heterocycles. The van der Waals surface area contributed by atoms with Crippen LogP contribution in [0.4, 0.5) is 0 Å². The summed E-state index contributed by atoms with van der Waals surface area (Å²) in [6, 6.07) is 0. The van der Waals surface area contributed by atoms with Crippen LogP contribution in [-0.4, -0.2) is 37.6 Å². The summed E-state index contributed by atoms with van der Waals surface area (Å²) in [6.45, 7) is 9.04. The van der Waals surface area contributed by atoms with Crippen molar-refractivity contribution in [3.63, 3.8) is 0 Å². The van der Waals surface area contributed by atoms with Gasteiger partial charge in [-0.15, -0.1) is 0 Å². The molecule has 0 atom stereocenters. The first-order valence-corrected chi connectivity index (χ1v) is 8.69. The molecule has 3 rings (SSSR count). The standard InChI is InChI=1S/C17H32N2/c1-2-16(7-11-18-12-8-16)15-19-13-9-17(10-14-19)5-3-4-6-17/h18H,2-15H2,1H3. The fraction of sp³-hybridized carbons (Fsp3) is 1.00. The van der Waals surface area contributed by atoms with Crippen molar-refractivity contribution in [2.45, 2.75) is 64.7 Å². The molecule has 1 spiro atoms. The normalized spacial score (nSPS) is 30.8. The Kier molecular flexibility index (Phi) is 4.19. The molecular formula is C17H32N2. The van der Waals surface area contributed by atoms with Crippen molar-refractivity contribution >= 4 is 0 Å². The highest BCUT2D eigenvalue weighted by Gasteiger charge is 2.39. The van der Waals surface area contributed by atoms with Crippen LogP contribution in [0.2, 0.25) is 0 Å². The van der Waals surface area contributed by atoms with Crippen LogP contribution in [0.15, 0.2) is 0 Å². The van der Waals surface area contributed by atoms with Crippen LogP contribution in [-0.2, 0) is 0 Å². The number of nitrogens with zero attached hydrogens (tertiary/aromatic N) is 1. The number of hydrogen-bond donors (Lipinski definition) is 1. The fourth-order valence-corrected chi connectivity index (χ4v) is 4.87. The molecule has 1 saturated carbocycles. The Morgan fingerprint density at radius 2 is 1.53 bits per heavy atom. The monoisotopic (exact) mass is 264 g/mol. The first kappa shape index (κ1) is 13.9. The third kappa shape index (κ3) is 3.00. The third-order valence-corrected chi connectivity index (χ3v) is 6.55. The minimum Gasteiger partial charge on any atom is -0.317 e. The summed E-state index contributed by atoms with van der Waals surface area (Å²) in [7, 11) is 0. The van der Waals surface area contributed by atoms with Crippen LogP contribution in [0, 0.1) is 10.8 Å². The second kappa shape index (κ2) is 5.73. The molecule has 1 N–H and O–H groups in total. The first-order chi connectivity index (χ1) is 9.26. The molecule has 2 saturated heterocycles. The van der Waals surface area contributed by atoms with Gasteiger partial charge in [-0.2, -0.15) is 0 Å². The Morgan fingerprint density at radius 3 is 2.11 bits per heavy atom. The zero-order valence-electron chi connectivity index (χ0n) is 12.8. The largest absolute Gasteiger partial charge is 0.317 e. The van der Waals surface area contributed by atoms with Crippen molar-refractivity contribution in [2.24, 2.45) is 10.8 Å². The molecule has 0 bridgehead atoms. The van der Waals surface area contributed by atoms with Crippen molar-refractivity contribution in [3.8, 4) is 0 Å². The molecule has 19 heavy (non-hydrogen) atoms. The first-order valence-electron chi connectivity index (χ1n) is 8.69. The summed E-state index contributed by atoms with van der Waals surface area (Å²) in [5.41, 5.74) is 1.41. The van der Waals surface area contributed by atoms with Crippen LogP contribution in [0.1, 0.15) is 64.7 Å². The highest BCUT2D eigenvalue weighted by Crippen LogP contribution is 2.46. The van der Waals surface area contributed by atoms with Crippen molar-refractivity contribution in [2.75, 3.05) is 32.7 Å². The second-order valence-corrected chi connectivity index (χ2v) is 7.59. The molecule has 2 nitrogen and oxygen atoms in total. The van der Waals surface area contributed by atoms with E-state index in [9.17, 15) is 0 Å². The van der Waals surface area contributed by atoms with Gasteiger partial charge in [0.2, 0.25) is 0 Å². The Bertz CT molecular complexity index is 278. The lowest BCUT2D eigenvalue weighted by Crippen LogP contribution is -2.48. The summed E-state index contributed by atoms with van der Waals surface area (Å²) >= 11 is 0. The molecule has 0 aromatic heterocycles. The van der Waals surface area contributed by atoms with E-state index in [0.717, 1.165) is 5.41 Å². The molecule has 3 fully saturated rings. The maximum Gasteiger partial charge on any atom is 0.00388 e. The van der Waals surface area contributed by atoms with E-state index in [1.165, 1.54) is 90.5 Å². The Hall–Kier alpha value is -0.0800. The lowest BCUT2D eigenvalue weighted by Gasteiger charge is -2.45. The quantitative estimate of drug-likeness (QED) is 0.840. The molecule has 0 radical (unpaired) electrons. The van der Waals surface area contributed by atoms with E-state index in [0.29, 0.717) is 5.41 Å². The van der Waals surface area contributed by atoms with Gasteiger partial charge in [0.05, 0.1) is 0 Å². The van der Waals surface area contributed by atoms with Crippen LogP contribution in [0.5, 0.6) is 0 Å². The van der Waals surface area contributed by atoms with Crippen LogP contribution in [0.25, 0.3) is 0 Å². The van der Waals surface area contributed by atoms with Crippen LogP contribution < -0.4 is 5.32 Å². The molecule has 2 aliphatic heterocycles. The van der Waals surface area contributed by atoms with Crippen molar-refractivity contribution in [3.05, 3.63) is 0 Å². The average Bonchev–Trinajstić information content (AvgIpc) is 2.91. The predicted octanol–water partition coefficient (Wildman–Crippen LogP) is 3.42. The van der Waals surface area contributed by atoms with Gasteiger partial charge < -0.3 is 10.2 Å². The highest BCUT2D eigenvalue weighted by atomic mass is 15.1. The average molecular weight is 264 g/mol. The molecule has 2 heteroatoms. The number of likely N-dealkylation sites (tertiary alicyclic amines) is 1. The van der Waals surface area contributed by atoms with Gasteiger partial charge in [0.15, 0.2) is 0 Å². The van der Waals surface area contributed by atoms with Gasteiger partial charge in [-0.05, 0) is 82.0 Å². The Balaban J connectivity index is 1.53. The van der Waals surface area contributed by atoms with Gasteiger partial charge in [0.1, 0.15) is 0 Å². The molecule has 0 aromatic rings. The number of nitrogens with one attached hydrogen (secondary N) is 1. The van der Waals surface area contributed by atoms with E-state index in [1.807, 2.05) is 0 Å². The summed E-state index contributed by atoms with van der Waals surface area (Å²) in [4.78, 5) is 2.80.